The first kappa shape index (κ1) is 7.73. The van der Waals surface area contributed by atoms with Gasteiger partial charge in [0, 0.05) is 17.7 Å². The molecule has 1 aliphatic heterocycles. The number of hydrogen-bond donors (Lipinski definition) is 1. The van der Waals surface area contributed by atoms with Crippen LogP contribution >= 0.6 is 0 Å². The molecule has 0 aromatic rings. The highest BCUT2D eigenvalue weighted by atomic mass is 15.1. The molecule has 1 N–H and O–H groups in total. The average Bonchev–Trinajstić information content (AvgIpc) is 1.54. The summed E-state index contributed by atoms with van der Waals surface area (Å²) in [6, 6.07) is 0. The third-order valence-corrected chi connectivity index (χ3v) is 1.71. The molecule has 10 heavy (non-hydrogen) atoms. The van der Waals surface area contributed by atoms with Crippen LogP contribution in [0.4, 0.5) is 0 Å². The van der Waals surface area contributed by atoms with Crippen LogP contribution in [0.15, 0.2) is 4.99 Å². The van der Waals surface area contributed by atoms with Crippen LogP contribution in [-0.2, 0) is 0 Å². The lowest BCUT2D eigenvalue weighted by atomic mass is 9.95. The monoisotopic (exact) mass is 140 g/mol. The minimum Gasteiger partial charge on any atom is -0.291 e. The third-order valence-electron chi connectivity index (χ3n) is 1.71. The second-order valence-corrected chi connectivity index (χ2v) is 3.75. The van der Waals surface area contributed by atoms with Crippen molar-refractivity contribution in [1.82, 2.24) is 5.32 Å². The molecule has 0 aliphatic carbocycles. The molecule has 0 saturated carbocycles. The number of hydrogen-bond acceptors (Lipinski definition) is 2. The van der Waals surface area contributed by atoms with Crippen LogP contribution in [0.25, 0.3) is 0 Å². The van der Waals surface area contributed by atoms with E-state index in [0.717, 1.165) is 6.42 Å². The van der Waals surface area contributed by atoms with Gasteiger partial charge in [0.1, 0.15) is 0 Å². The smallest absolute Gasteiger partial charge is 0.0969 e. The maximum absolute atomic E-state index is 4.38. The molecule has 1 rings (SSSR count). The van der Waals surface area contributed by atoms with E-state index in [1.54, 1.807) is 0 Å². The van der Waals surface area contributed by atoms with Gasteiger partial charge in [-0.25, -0.2) is 0 Å². The fourth-order valence-corrected chi connectivity index (χ4v) is 1.66. The summed E-state index contributed by atoms with van der Waals surface area (Å²) in [6.07, 6.45) is 1.36. The molecule has 0 amide bonds. The van der Waals surface area contributed by atoms with Crippen molar-refractivity contribution in [2.24, 2.45) is 4.99 Å². The van der Waals surface area contributed by atoms with Crippen LogP contribution in [0.3, 0.4) is 0 Å². The van der Waals surface area contributed by atoms with Crippen LogP contribution in [-0.4, -0.2) is 17.4 Å². The second-order valence-electron chi connectivity index (χ2n) is 3.75. The summed E-state index contributed by atoms with van der Waals surface area (Å²) in [7, 11) is 0. The maximum Gasteiger partial charge on any atom is 0.0969 e. The van der Waals surface area contributed by atoms with Crippen LogP contribution in [0, 0.1) is 0 Å². The van der Waals surface area contributed by atoms with Crippen LogP contribution < -0.4 is 5.32 Å². The molecule has 0 aromatic carbocycles. The molecule has 0 saturated heterocycles. The average molecular weight is 140 g/mol. The molecule has 0 radical (unpaired) electrons. The highest BCUT2D eigenvalue weighted by Crippen LogP contribution is 2.15. The lowest BCUT2D eigenvalue weighted by Crippen LogP contribution is -2.48. The highest BCUT2D eigenvalue weighted by molar-refractivity contribution is 5.83. The molecular formula is C8H16N2. The summed E-state index contributed by atoms with van der Waals surface area (Å²) < 4.78 is 0. The molecule has 58 valence electrons. The molecule has 0 bridgehead atoms. The zero-order chi connectivity index (χ0) is 7.78. The van der Waals surface area contributed by atoms with Crippen molar-refractivity contribution in [2.75, 3.05) is 0 Å². The number of nitrogens with one attached hydrogen (secondary N) is 1. The third kappa shape index (κ3) is 1.81. The molecule has 1 atom stereocenters. The van der Waals surface area contributed by atoms with Gasteiger partial charge in [0.25, 0.3) is 0 Å². The molecule has 0 spiro atoms. The minimum atomic E-state index is 0.241. The molecule has 1 unspecified atom stereocenters. The largest absolute Gasteiger partial charge is 0.291 e. The van der Waals surface area contributed by atoms with Gasteiger partial charge in [-0.1, -0.05) is 0 Å². The van der Waals surface area contributed by atoms with Gasteiger partial charge in [0.2, 0.25) is 0 Å². The van der Waals surface area contributed by atoms with E-state index in [2.05, 4.69) is 38.0 Å². The normalized spacial score (nSPS) is 31.6. The van der Waals surface area contributed by atoms with E-state index in [1.165, 1.54) is 5.71 Å². The van der Waals surface area contributed by atoms with Gasteiger partial charge >= 0.3 is 0 Å². The van der Waals surface area contributed by atoms with Crippen LogP contribution in [0.5, 0.6) is 0 Å². The molecule has 1 heterocycles. The van der Waals surface area contributed by atoms with E-state index in [9.17, 15) is 0 Å². The van der Waals surface area contributed by atoms with E-state index in [4.69, 9.17) is 0 Å². The molecule has 0 fully saturated rings. The predicted molar refractivity (Wildman–Crippen MR) is 44.4 cm³/mol. The van der Waals surface area contributed by atoms with E-state index < -0.39 is 0 Å². The minimum absolute atomic E-state index is 0.241. The first-order valence-corrected chi connectivity index (χ1v) is 3.80. The number of aliphatic imine (C=N–C) groups is 1. The van der Waals surface area contributed by atoms with E-state index in [-0.39, 0.29) is 5.54 Å². The Kier molecular flexibility index (Phi) is 1.82. The van der Waals surface area contributed by atoms with Crippen molar-refractivity contribution in [3.8, 4) is 0 Å². The fraction of sp³-hybridized carbons (Fsp3) is 0.875. The molecule has 2 nitrogen and oxygen atoms in total. The van der Waals surface area contributed by atoms with Gasteiger partial charge in [0.05, 0.1) is 6.17 Å². The molecule has 0 aromatic heterocycles. The lowest BCUT2D eigenvalue weighted by Gasteiger charge is -2.33. The highest BCUT2D eigenvalue weighted by Gasteiger charge is 2.24. The fourth-order valence-electron chi connectivity index (χ4n) is 1.66. The van der Waals surface area contributed by atoms with Crippen molar-refractivity contribution in [3.63, 3.8) is 0 Å². The topological polar surface area (TPSA) is 24.4 Å². The SMILES string of the molecule is CC1=NC(C)NC(C)(C)C1. The van der Waals surface area contributed by atoms with Gasteiger partial charge in [0.15, 0.2) is 0 Å². The lowest BCUT2D eigenvalue weighted by molar-refractivity contribution is 0.341. The first-order valence-electron chi connectivity index (χ1n) is 3.80. The summed E-state index contributed by atoms with van der Waals surface area (Å²) >= 11 is 0. The van der Waals surface area contributed by atoms with Crippen molar-refractivity contribution in [2.45, 2.75) is 45.8 Å². The summed E-state index contributed by atoms with van der Waals surface area (Å²) in [5, 5.41) is 3.40. The van der Waals surface area contributed by atoms with Crippen LogP contribution in [0.2, 0.25) is 0 Å². The Morgan fingerprint density at radius 3 is 2.60 bits per heavy atom. The van der Waals surface area contributed by atoms with E-state index >= 15 is 0 Å². The van der Waals surface area contributed by atoms with Crippen molar-refractivity contribution in [1.29, 1.82) is 0 Å². The van der Waals surface area contributed by atoms with Gasteiger partial charge < -0.3 is 0 Å². The molecular weight excluding hydrogens is 124 g/mol. The maximum atomic E-state index is 4.38. The molecule has 1 aliphatic rings. The predicted octanol–water partition coefficient (Wildman–Crippen LogP) is 1.57. The summed E-state index contributed by atoms with van der Waals surface area (Å²) in [6.45, 7) is 8.60. The Hall–Kier alpha value is -0.370. The Bertz CT molecular complexity index is 159. The summed E-state index contributed by atoms with van der Waals surface area (Å²) in [4.78, 5) is 4.38. The van der Waals surface area contributed by atoms with Gasteiger partial charge in [-0.3, -0.25) is 10.3 Å². The van der Waals surface area contributed by atoms with Crippen molar-refractivity contribution < 1.29 is 0 Å². The van der Waals surface area contributed by atoms with Gasteiger partial charge in [-0.15, -0.1) is 0 Å². The Balaban J connectivity index is 2.70. The van der Waals surface area contributed by atoms with Crippen molar-refractivity contribution >= 4 is 5.71 Å². The second kappa shape index (κ2) is 2.35. The van der Waals surface area contributed by atoms with Gasteiger partial charge in [-0.2, -0.15) is 0 Å². The molecule has 2 heteroatoms. The van der Waals surface area contributed by atoms with E-state index in [0.29, 0.717) is 6.17 Å². The summed E-state index contributed by atoms with van der Waals surface area (Å²) in [5.41, 5.74) is 1.50. The standard InChI is InChI=1S/C8H16N2/c1-6-5-8(3,4)10-7(2)9-6/h7,10H,5H2,1-4H3. The Labute approximate surface area is 62.7 Å². The zero-order valence-corrected chi connectivity index (χ0v) is 7.23. The van der Waals surface area contributed by atoms with Crippen molar-refractivity contribution in [3.05, 3.63) is 0 Å². The zero-order valence-electron chi connectivity index (χ0n) is 7.23. The first-order chi connectivity index (χ1) is 4.49. The number of rotatable bonds is 0. The van der Waals surface area contributed by atoms with Crippen LogP contribution in [0.1, 0.15) is 34.1 Å². The Morgan fingerprint density at radius 1 is 1.60 bits per heavy atom. The quantitative estimate of drug-likeness (QED) is 0.542. The van der Waals surface area contributed by atoms with E-state index in [1.807, 2.05) is 0 Å². The number of nitrogens with zero attached hydrogens (tertiary/aromatic N) is 1. The Morgan fingerprint density at radius 2 is 2.20 bits per heavy atom. The summed E-state index contributed by atoms with van der Waals surface area (Å²) in [5.74, 6) is 0. The van der Waals surface area contributed by atoms with Gasteiger partial charge in [-0.05, 0) is 27.7 Å².